The molecule has 6 heteroatoms. The summed E-state index contributed by atoms with van der Waals surface area (Å²) in [5.41, 5.74) is 0.0270. The topological polar surface area (TPSA) is 75.4 Å². The summed E-state index contributed by atoms with van der Waals surface area (Å²) in [5, 5.41) is 13.3. The van der Waals surface area contributed by atoms with E-state index in [9.17, 15) is 14.7 Å². The number of aliphatic hydroxyl groups excluding tert-OH is 1. The zero-order valence-corrected chi connectivity index (χ0v) is 9.67. The van der Waals surface area contributed by atoms with Gasteiger partial charge in [0.1, 0.15) is 5.69 Å². The highest BCUT2D eigenvalue weighted by atomic mass is 16.3. The van der Waals surface area contributed by atoms with Gasteiger partial charge >= 0.3 is 0 Å². The number of aliphatic hydroxyl groups is 1. The Bertz CT molecular complexity index is 475. The van der Waals surface area contributed by atoms with Gasteiger partial charge in [-0.15, -0.1) is 0 Å². The van der Waals surface area contributed by atoms with Gasteiger partial charge in [0, 0.05) is 26.2 Å². The maximum absolute atomic E-state index is 12.0. The molecule has 0 aliphatic carbocycles. The molecule has 92 valence electrons. The van der Waals surface area contributed by atoms with E-state index in [4.69, 9.17) is 0 Å². The highest BCUT2D eigenvalue weighted by Crippen LogP contribution is 2.12. The Morgan fingerprint density at radius 3 is 2.65 bits per heavy atom. The molecule has 0 aromatic carbocycles. The van der Waals surface area contributed by atoms with Crippen molar-refractivity contribution in [1.82, 2.24) is 14.7 Å². The number of aromatic nitrogens is 2. The fourth-order valence-corrected chi connectivity index (χ4v) is 1.85. The molecule has 0 spiro atoms. The Morgan fingerprint density at radius 1 is 1.41 bits per heavy atom. The van der Waals surface area contributed by atoms with E-state index in [2.05, 4.69) is 5.10 Å². The van der Waals surface area contributed by atoms with Gasteiger partial charge in [0.25, 0.3) is 11.5 Å². The van der Waals surface area contributed by atoms with E-state index in [0.717, 1.165) is 4.68 Å². The summed E-state index contributed by atoms with van der Waals surface area (Å²) in [4.78, 5) is 24.8. The molecule has 2 rings (SSSR count). The molecule has 1 saturated heterocycles. The van der Waals surface area contributed by atoms with Gasteiger partial charge in [-0.25, -0.2) is 4.68 Å². The van der Waals surface area contributed by atoms with Crippen molar-refractivity contribution in [2.45, 2.75) is 18.9 Å². The largest absolute Gasteiger partial charge is 0.393 e. The molecule has 1 amide bonds. The number of rotatable bonds is 1. The summed E-state index contributed by atoms with van der Waals surface area (Å²) in [6.07, 6.45) is 0.877. The maximum atomic E-state index is 12.0. The molecule has 0 bridgehead atoms. The summed E-state index contributed by atoms with van der Waals surface area (Å²) in [5.74, 6) is -0.187. The minimum atomic E-state index is -0.313. The molecular formula is C11H15N3O3. The molecule has 0 radical (unpaired) electrons. The second-order valence-corrected chi connectivity index (χ2v) is 4.20. The summed E-state index contributed by atoms with van der Waals surface area (Å²) in [6.45, 7) is 1.06. The van der Waals surface area contributed by atoms with Gasteiger partial charge < -0.3 is 10.0 Å². The molecule has 1 fully saturated rings. The quantitative estimate of drug-likeness (QED) is 0.706. The molecule has 1 N–H and O–H groups in total. The number of nitrogens with zero attached hydrogens (tertiary/aromatic N) is 3. The molecule has 1 aromatic heterocycles. The van der Waals surface area contributed by atoms with Crippen LogP contribution in [0.3, 0.4) is 0 Å². The van der Waals surface area contributed by atoms with Crippen LogP contribution in [0, 0.1) is 0 Å². The molecule has 1 aliphatic heterocycles. The molecule has 6 nitrogen and oxygen atoms in total. The number of hydrogen-bond acceptors (Lipinski definition) is 4. The third-order valence-corrected chi connectivity index (χ3v) is 2.93. The van der Waals surface area contributed by atoms with Gasteiger partial charge in [-0.1, -0.05) is 0 Å². The van der Waals surface area contributed by atoms with E-state index < -0.39 is 0 Å². The number of likely N-dealkylation sites (tertiary alicyclic amines) is 1. The first-order valence-corrected chi connectivity index (χ1v) is 5.59. The smallest absolute Gasteiger partial charge is 0.274 e. The zero-order chi connectivity index (χ0) is 12.4. The number of amides is 1. The van der Waals surface area contributed by atoms with Crippen LogP contribution in [0.25, 0.3) is 0 Å². The zero-order valence-electron chi connectivity index (χ0n) is 9.67. The summed E-state index contributed by atoms with van der Waals surface area (Å²) in [6, 6.07) is 2.77. The summed E-state index contributed by atoms with van der Waals surface area (Å²) >= 11 is 0. The Balaban J connectivity index is 2.14. The fraction of sp³-hybridized carbons (Fsp3) is 0.545. The normalized spacial score (nSPS) is 17.2. The van der Waals surface area contributed by atoms with Crippen molar-refractivity contribution in [3.05, 3.63) is 28.2 Å². The van der Waals surface area contributed by atoms with Crippen LogP contribution in [-0.4, -0.2) is 44.9 Å². The first kappa shape index (κ1) is 11.8. The van der Waals surface area contributed by atoms with Crippen LogP contribution in [0.1, 0.15) is 23.3 Å². The van der Waals surface area contributed by atoms with E-state index in [1.54, 1.807) is 4.90 Å². The van der Waals surface area contributed by atoms with Crippen LogP contribution in [-0.2, 0) is 7.05 Å². The van der Waals surface area contributed by atoms with E-state index in [1.807, 2.05) is 0 Å². The highest BCUT2D eigenvalue weighted by molar-refractivity contribution is 5.92. The third kappa shape index (κ3) is 2.52. The van der Waals surface area contributed by atoms with Gasteiger partial charge in [0.15, 0.2) is 0 Å². The van der Waals surface area contributed by atoms with Crippen molar-refractivity contribution in [3.8, 4) is 0 Å². The predicted molar refractivity (Wildman–Crippen MR) is 60.6 cm³/mol. The fourth-order valence-electron chi connectivity index (χ4n) is 1.85. The standard InChI is InChI=1S/C11H15N3O3/c1-13-10(16)3-2-9(12-13)11(17)14-6-4-8(15)5-7-14/h2-3,8,15H,4-7H2,1H3. The molecular weight excluding hydrogens is 222 g/mol. The first-order valence-electron chi connectivity index (χ1n) is 5.59. The minimum Gasteiger partial charge on any atom is -0.393 e. The van der Waals surface area contributed by atoms with Gasteiger partial charge in [0.2, 0.25) is 0 Å². The van der Waals surface area contributed by atoms with Gasteiger partial charge in [0.05, 0.1) is 6.10 Å². The molecule has 1 aliphatic rings. The molecule has 0 atom stereocenters. The first-order chi connectivity index (χ1) is 8.08. The van der Waals surface area contributed by atoms with Crippen LogP contribution >= 0.6 is 0 Å². The van der Waals surface area contributed by atoms with E-state index >= 15 is 0 Å². The average Bonchev–Trinajstić information content (AvgIpc) is 2.33. The minimum absolute atomic E-state index is 0.187. The maximum Gasteiger partial charge on any atom is 0.274 e. The lowest BCUT2D eigenvalue weighted by Crippen LogP contribution is -2.41. The van der Waals surface area contributed by atoms with Crippen molar-refractivity contribution in [2.75, 3.05) is 13.1 Å². The van der Waals surface area contributed by atoms with E-state index in [0.29, 0.717) is 25.9 Å². The SMILES string of the molecule is Cn1nc(C(=O)N2CCC(O)CC2)ccc1=O. The second kappa shape index (κ2) is 4.67. The van der Waals surface area contributed by atoms with Crippen LogP contribution < -0.4 is 5.56 Å². The monoisotopic (exact) mass is 237 g/mol. The Morgan fingerprint density at radius 2 is 2.06 bits per heavy atom. The van der Waals surface area contributed by atoms with Crippen LogP contribution in [0.4, 0.5) is 0 Å². The number of carbonyl (C=O) groups excluding carboxylic acids is 1. The summed E-state index contributed by atoms with van der Waals surface area (Å²) in [7, 11) is 1.51. The third-order valence-electron chi connectivity index (χ3n) is 2.93. The predicted octanol–water partition coefficient (Wildman–Crippen LogP) is -0.623. The van der Waals surface area contributed by atoms with Gasteiger partial charge in [-0.05, 0) is 18.9 Å². The average molecular weight is 237 g/mol. The van der Waals surface area contributed by atoms with E-state index in [1.165, 1.54) is 19.2 Å². The number of hydrogen-bond donors (Lipinski definition) is 1. The lowest BCUT2D eigenvalue weighted by Gasteiger charge is -2.29. The Hall–Kier alpha value is -1.69. The van der Waals surface area contributed by atoms with Crippen molar-refractivity contribution in [2.24, 2.45) is 7.05 Å². The molecule has 0 saturated carbocycles. The van der Waals surface area contributed by atoms with Gasteiger partial charge in [-0.3, -0.25) is 9.59 Å². The second-order valence-electron chi connectivity index (χ2n) is 4.20. The molecule has 2 heterocycles. The number of piperidine rings is 1. The van der Waals surface area contributed by atoms with Crippen molar-refractivity contribution in [1.29, 1.82) is 0 Å². The van der Waals surface area contributed by atoms with Crippen molar-refractivity contribution < 1.29 is 9.90 Å². The van der Waals surface area contributed by atoms with Crippen molar-refractivity contribution >= 4 is 5.91 Å². The molecule has 1 aromatic rings. The number of carbonyl (C=O) groups is 1. The molecule has 17 heavy (non-hydrogen) atoms. The highest BCUT2D eigenvalue weighted by Gasteiger charge is 2.23. The van der Waals surface area contributed by atoms with E-state index in [-0.39, 0.29) is 23.3 Å². The van der Waals surface area contributed by atoms with Crippen LogP contribution in [0.15, 0.2) is 16.9 Å². The lowest BCUT2D eigenvalue weighted by atomic mass is 10.1. The number of aryl methyl sites for hydroxylation is 1. The van der Waals surface area contributed by atoms with Crippen molar-refractivity contribution in [3.63, 3.8) is 0 Å². The Kier molecular flexibility index (Phi) is 3.23. The summed E-state index contributed by atoms with van der Waals surface area (Å²) < 4.78 is 1.14. The van der Waals surface area contributed by atoms with Crippen LogP contribution in [0.5, 0.6) is 0 Å². The molecule has 0 unspecified atom stereocenters. The lowest BCUT2D eigenvalue weighted by molar-refractivity contribution is 0.0539. The van der Waals surface area contributed by atoms with Gasteiger partial charge in [-0.2, -0.15) is 5.10 Å². The van der Waals surface area contributed by atoms with Crippen LogP contribution in [0.2, 0.25) is 0 Å². The Labute approximate surface area is 98.5 Å².